The number of benzene rings is 2. The Labute approximate surface area is 214 Å². The molecule has 36 heavy (non-hydrogen) atoms. The summed E-state index contributed by atoms with van der Waals surface area (Å²) in [6, 6.07) is 12.4. The molecule has 4 aromatic rings. The number of pyridine rings is 1. The molecule has 2 heterocycles. The average Bonchev–Trinajstić information content (AvgIpc) is 3.35. The van der Waals surface area contributed by atoms with Gasteiger partial charge in [-0.3, -0.25) is 10.1 Å². The highest BCUT2D eigenvalue weighted by molar-refractivity contribution is 7.99. The second-order valence-electron chi connectivity index (χ2n) is 8.42. The van der Waals surface area contributed by atoms with E-state index in [1.807, 2.05) is 29.7 Å². The SMILES string of the molecule is CCCCCCSc1n[nH]c(-[n+]2c(C)cc3cc(OC)c(OC)cc3c2-c2ccc([N+](=O)[O-])cc2)n1. The number of rotatable bonds is 11. The van der Waals surface area contributed by atoms with Crippen molar-refractivity contribution in [2.24, 2.45) is 0 Å². The van der Waals surface area contributed by atoms with Gasteiger partial charge in [0.2, 0.25) is 0 Å². The van der Waals surface area contributed by atoms with Crippen LogP contribution in [0, 0.1) is 17.0 Å². The Hall–Kier alpha value is -3.66. The monoisotopic (exact) mass is 508 g/mol. The van der Waals surface area contributed by atoms with Crippen molar-refractivity contribution in [3.05, 3.63) is 58.3 Å². The Kier molecular flexibility index (Phi) is 8.04. The number of nitrogens with zero attached hydrogens (tertiary/aromatic N) is 4. The minimum Gasteiger partial charge on any atom is -0.493 e. The van der Waals surface area contributed by atoms with Gasteiger partial charge in [0.15, 0.2) is 11.5 Å². The topological polar surface area (TPSA) is 107 Å². The molecule has 10 heteroatoms. The van der Waals surface area contributed by atoms with Crippen LogP contribution in [0.25, 0.3) is 28.0 Å². The molecular formula is C26H30N5O4S+. The van der Waals surface area contributed by atoms with Crippen molar-refractivity contribution < 1.29 is 19.0 Å². The maximum absolute atomic E-state index is 11.2. The molecule has 0 saturated carbocycles. The van der Waals surface area contributed by atoms with E-state index in [0.717, 1.165) is 39.9 Å². The van der Waals surface area contributed by atoms with E-state index in [1.54, 1.807) is 38.1 Å². The van der Waals surface area contributed by atoms with Crippen LogP contribution in [-0.2, 0) is 0 Å². The first-order chi connectivity index (χ1) is 17.5. The van der Waals surface area contributed by atoms with Gasteiger partial charge in [-0.05, 0) is 54.0 Å². The van der Waals surface area contributed by atoms with E-state index in [1.165, 1.54) is 31.4 Å². The Balaban J connectivity index is 1.85. The summed E-state index contributed by atoms with van der Waals surface area (Å²) in [5.41, 5.74) is 2.56. The number of aromatic amines is 1. The summed E-state index contributed by atoms with van der Waals surface area (Å²) in [4.78, 5) is 15.6. The number of methoxy groups -OCH3 is 2. The highest BCUT2D eigenvalue weighted by Crippen LogP contribution is 2.37. The molecule has 0 atom stereocenters. The lowest BCUT2D eigenvalue weighted by Gasteiger charge is -2.15. The summed E-state index contributed by atoms with van der Waals surface area (Å²) >= 11 is 1.64. The van der Waals surface area contributed by atoms with Gasteiger partial charge in [0, 0.05) is 28.8 Å². The number of H-pyrrole nitrogens is 1. The van der Waals surface area contributed by atoms with Crippen LogP contribution < -0.4 is 14.0 Å². The van der Waals surface area contributed by atoms with E-state index < -0.39 is 4.92 Å². The number of hydrogen-bond acceptors (Lipinski definition) is 7. The quantitative estimate of drug-likeness (QED) is 0.0896. The van der Waals surface area contributed by atoms with Gasteiger partial charge >= 0.3 is 5.95 Å². The molecule has 4 rings (SSSR count). The van der Waals surface area contributed by atoms with Crippen molar-refractivity contribution in [2.45, 2.75) is 44.7 Å². The third kappa shape index (κ3) is 5.28. The number of aryl methyl sites for hydroxylation is 1. The molecule has 0 spiro atoms. The minimum absolute atomic E-state index is 0.0305. The van der Waals surface area contributed by atoms with E-state index in [-0.39, 0.29) is 5.69 Å². The zero-order valence-corrected chi connectivity index (χ0v) is 21.7. The van der Waals surface area contributed by atoms with E-state index in [9.17, 15) is 10.1 Å². The van der Waals surface area contributed by atoms with Crippen molar-refractivity contribution in [1.82, 2.24) is 15.2 Å². The lowest BCUT2D eigenvalue weighted by Crippen LogP contribution is -2.38. The number of aromatic nitrogens is 4. The Morgan fingerprint density at radius 2 is 1.78 bits per heavy atom. The molecule has 0 radical (unpaired) electrons. The Morgan fingerprint density at radius 1 is 1.06 bits per heavy atom. The molecule has 0 unspecified atom stereocenters. The number of nitro benzene ring substituents is 1. The summed E-state index contributed by atoms with van der Waals surface area (Å²) in [7, 11) is 3.20. The molecule has 0 bridgehead atoms. The number of non-ortho nitro benzene ring substituents is 1. The van der Waals surface area contributed by atoms with Crippen LogP contribution in [0.15, 0.2) is 47.6 Å². The molecule has 1 N–H and O–H groups in total. The summed E-state index contributed by atoms with van der Waals surface area (Å²) in [5.74, 6) is 2.75. The second kappa shape index (κ2) is 11.4. The van der Waals surface area contributed by atoms with Crippen molar-refractivity contribution in [1.29, 1.82) is 0 Å². The van der Waals surface area contributed by atoms with Crippen molar-refractivity contribution in [3.8, 4) is 28.7 Å². The van der Waals surface area contributed by atoms with Gasteiger partial charge in [-0.1, -0.05) is 43.0 Å². The van der Waals surface area contributed by atoms with Crippen molar-refractivity contribution in [2.75, 3.05) is 20.0 Å². The van der Waals surface area contributed by atoms with E-state index in [2.05, 4.69) is 17.1 Å². The van der Waals surface area contributed by atoms with Crippen LogP contribution in [0.3, 0.4) is 0 Å². The first-order valence-electron chi connectivity index (χ1n) is 11.9. The Bertz CT molecular complexity index is 1370. The maximum atomic E-state index is 11.2. The van der Waals surface area contributed by atoms with E-state index >= 15 is 0 Å². The van der Waals surface area contributed by atoms with E-state index in [4.69, 9.17) is 14.5 Å². The van der Waals surface area contributed by atoms with Gasteiger partial charge in [-0.25, -0.2) is 0 Å². The van der Waals surface area contributed by atoms with Gasteiger partial charge in [0.25, 0.3) is 10.8 Å². The van der Waals surface area contributed by atoms with Gasteiger partial charge < -0.3 is 9.47 Å². The number of thioether (sulfide) groups is 1. The number of unbranched alkanes of at least 4 members (excludes halogenated alkanes) is 3. The van der Waals surface area contributed by atoms with Gasteiger partial charge in [-0.15, -0.1) is 5.10 Å². The second-order valence-corrected chi connectivity index (χ2v) is 9.48. The molecule has 0 aliphatic carbocycles. The molecule has 0 aliphatic heterocycles. The normalized spacial score (nSPS) is 11.1. The van der Waals surface area contributed by atoms with Gasteiger partial charge in [0.05, 0.1) is 24.8 Å². The van der Waals surface area contributed by atoms with Crippen LogP contribution in [0.1, 0.15) is 38.3 Å². The molecule has 188 valence electrons. The van der Waals surface area contributed by atoms with Crippen LogP contribution in [0.2, 0.25) is 0 Å². The van der Waals surface area contributed by atoms with Gasteiger partial charge in [0.1, 0.15) is 5.69 Å². The zero-order chi connectivity index (χ0) is 25.7. The fraction of sp³-hybridized carbons (Fsp3) is 0.346. The van der Waals surface area contributed by atoms with Crippen molar-refractivity contribution in [3.63, 3.8) is 0 Å². The molecule has 2 aromatic carbocycles. The number of nitro groups is 1. The average molecular weight is 509 g/mol. The first-order valence-corrected chi connectivity index (χ1v) is 12.9. The fourth-order valence-electron chi connectivity index (χ4n) is 4.20. The van der Waals surface area contributed by atoms with Gasteiger partial charge in [-0.2, -0.15) is 4.57 Å². The summed E-state index contributed by atoms with van der Waals surface area (Å²) in [5, 5.41) is 21.3. The molecule has 0 aliphatic rings. The van der Waals surface area contributed by atoms with Crippen LogP contribution >= 0.6 is 11.8 Å². The molecule has 2 aromatic heterocycles. The summed E-state index contributed by atoms with van der Waals surface area (Å²) < 4.78 is 13.1. The fourth-order valence-corrected chi connectivity index (χ4v) is 4.99. The zero-order valence-electron chi connectivity index (χ0n) is 20.9. The number of ether oxygens (including phenoxy) is 2. The first kappa shape index (κ1) is 25.4. The van der Waals surface area contributed by atoms with E-state index in [0.29, 0.717) is 22.6 Å². The molecule has 0 amide bonds. The molecular weight excluding hydrogens is 478 g/mol. The van der Waals surface area contributed by atoms with Crippen LogP contribution in [-0.4, -0.2) is 40.1 Å². The standard InChI is InChI=1S/C26H30N5O4S/c1-5-6-7-8-13-36-26-27-25(28-29-26)30-17(2)14-19-15-22(34-3)23(35-4)16-21(19)24(30)18-9-11-20(12-10-18)31(32)33/h9-12,14-16H,5-8,13H2,1-4H3,(H,27,28,29)/q+1. The smallest absolute Gasteiger partial charge is 0.423 e. The van der Waals surface area contributed by atoms with Crippen molar-refractivity contribution >= 4 is 28.2 Å². The predicted octanol–water partition coefficient (Wildman–Crippen LogP) is 5.81. The lowest BCUT2D eigenvalue weighted by atomic mass is 10.0. The summed E-state index contributed by atoms with van der Waals surface area (Å²) in [6.45, 7) is 4.19. The van der Waals surface area contributed by atoms with Crippen LogP contribution in [0.4, 0.5) is 5.69 Å². The highest BCUT2D eigenvalue weighted by Gasteiger charge is 2.25. The third-order valence-electron chi connectivity index (χ3n) is 6.00. The predicted molar refractivity (Wildman–Crippen MR) is 140 cm³/mol. The molecule has 0 saturated heterocycles. The minimum atomic E-state index is -0.402. The summed E-state index contributed by atoms with van der Waals surface area (Å²) in [6.07, 6.45) is 4.77. The lowest BCUT2D eigenvalue weighted by molar-refractivity contribution is -0.597. The number of hydrogen-bond donors (Lipinski definition) is 1. The van der Waals surface area contributed by atoms with Crippen LogP contribution in [0.5, 0.6) is 11.5 Å². The Morgan fingerprint density at radius 3 is 2.44 bits per heavy atom. The maximum Gasteiger partial charge on any atom is 0.423 e. The largest absolute Gasteiger partial charge is 0.493 e. The molecule has 0 fully saturated rings. The highest BCUT2D eigenvalue weighted by atomic mass is 32.2. The third-order valence-corrected chi connectivity index (χ3v) is 6.93. The number of nitrogens with one attached hydrogen (secondary N) is 1. The molecule has 9 nitrogen and oxygen atoms in total. The number of fused-ring (bicyclic) bond motifs is 1.